The highest BCUT2D eigenvalue weighted by atomic mass is 32.2. The van der Waals surface area contributed by atoms with E-state index in [0.717, 1.165) is 17.1 Å². The standard InChI is InChI=1S/C17H27N3O3S/c1-13(18-14-8-5-4-6-9-14)17(21)19-15-10-7-11-16(12-15)24(22,23)20(2)3/h7,10-14,18H,4-6,8-9H2,1-3H3,(H,19,21)/p+1/t13-/m0/s1. The Morgan fingerprint density at radius 3 is 2.54 bits per heavy atom. The SMILES string of the molecule is C[C@H]([NH2+]C1CCCCC1)C(=O)Nc1cccc(S(=O)(=O)N(C)C)c1. The van der Waals surface area contributed by atoms with Crippen LogP contribution in [0.5, 0.6) is 0 Å². The van der Waals surface area contributed by atoms with E-state index in [9.17, 15) is 13.2 Å². The molecule has 2 rings (SSSR count). The zero-order chi connectivity index (χ0) is 17.7. The van der Waals surface area contributed by atoms with Gasteiger partial charge >= 0.3 is 0 Å². The molecule has 0 saturated heterocycles. The van der Waals surface area contributed by atoms with Crippen molar-refractivity contribution in [2.75, 3.05) is 19.4 Å². The summed E-state index contributed by atoms with van der Waals surface area (Å²) in [7, 11) is -0.528. The van der Waals surface area contributed by atoms with Gasteiger partial charge in [-0.1, -0.05) is 12.5 Å². The molecule has 0 aromatic heterocycles. The second-order valence-corrected chi connectivity index (χ2v) is 8.84. The molecule has 0 radical (unpaired) electrons. The van der Waals surface area contributed by atoms with Crippen LogP contribution in [0.4, 0.5) is 5.69 Å². The molecule has 3 N–H and O–H groups in total. The fourth-order valence-corrected chi connectivity index (χ4v) is 3.97. The third-order valence-corrected chi connectivity index (χ3v) is 6.32. The highest BCUT2D eigenvalue weighted by Crippen LogP contribution is 2.18. The summed E-state index contributed by atoms with van der Waals surface area (Å²) in [4.78, 5) is 12.6. The number of hydrogen-bond acceptors (Lipinski definition) is 3. The van der Waals surface area contributed by atoms with Crippen LogP contribution in [0.25, 0.3) is 0 Å². The van der Waals surface area contributed by atoms with Crippen molar-refractivity contribution in [1.82, 2.24) is 4.31 Å². The quantitative estimate of drug-likeness (QED) is 0.804. The minimum atomic E-state index is -3.50. The zero-order valence-corrected chi connectivity index (χ0v) is 15.5. The van der Waals surface area contributed by atoms with E-state index < -0.39 is 10.0 Å². The van der Waals surface area contributed by atoms with Crippen molar-refractivity contribution in [2.24, 2.45) is 0 Å². The molecule has 24 heavy (non-hydrogen) atoms. The van der Waals surface area contributed by atoms with Gasteiger partial charge in [-0.15, -0.1) is 0 Å². The van der Waals surface area contributed by atoms with Crippen molar-refractivity contribution in [1.29, 1.82) is 0 Å². The van der Waals surface area contributed by atoms with Crippen LogP contribution < -0.4 is 10.6 Å². The minimum Gasteiger partial charge on any atom is -0.334 e. The molecule has 1 fully saturated rings. The van der Waals surface area contributed by atoms with Crippen LogP contribution >= 0.6 is 0 Å². The fourth-order valence-electron chi connectivity index (χ4n) is 3.02. The summed E-state index contributed by atoms with van der Waals surface area (Å²) in [6.45, 7) is 1.89. The lowest BCUT2D eigenvalue weighted by Crippen LogP contribution is -2.96. The van der Waals surface area contributed by atoms with Gasteiger partial charge in [-0.05, 0) is 50.8 Å². The molecule has 0 unspecified atom stereocenters. The van der Waals surface area contributed by atoms with E-state index in [2.05, 4.69) is 10.6 Å². The molecule has 134 valence electrons. The van der Waals surface area contributed by atoms with E-state index in [1.807, 2.05) is 6.92 Å². The van der Waals surface area contributed by atoms with Crippen LogP contribution in [0.15, 0.2) is 29.2 Å². The first-order valence-electron chi connectivity index (χ1n) is 8.49. The molecule has 1 saturated carbocycles. The minimum absolute atomic E-state index is 0.0972. The Balaban J connectivity index is 2.01. The topological polar surface area (TPSA) is 83.1 Å². The number of nitrogens with zero attached hydrogens (tertiary/aromatic N) is 1. The number of rotatable bonds is 6. The van der Waals surface area contributed by atoms with Crippen molar-refractivity contribution in [3.63, 3.8) is 0 Å². The van der Waals surface area contributed by atoms with Crippen molar-refractivity contribution >= 4 is 21.6 Å². The normalized spacial score (nSPS) is 17.7. The first-order valence-corrected chi connectivity index (χ1v) is 9.93. The Morgan fingerprint density at radius 1 is 1.25 bits per heavy atom. The maximum atomic E-state index is 12.4. The van der Waals surface area contributed by atoms with Crippen LogP contribution in [-0.4, -0.2) is 44.8 Å². The summed E-state index contributed by atoms with van der Waals surface area (Å²) in [5.74, 6) is -0.0972. The van der Waals surface area contributed by atoms with Gasteiger partial charge in [0.2, 0.25) is 10.0 Å². The van der Waals surface area contributed by atoms with Gasteiger partial charge in [0.15, 0.2) is 6.04 Å². The number of nitrogens with two attached hydrogens (primary N) is 1. The second-order valence-electron chi connectivity index (χ2n) is 6.68. The summed E-state index contributed by atoms with van der Waals surface area (Å²) >= 11 is 0. The first kappa shape index (κ1) is 18.9. The average Bonchev–Trinajstić information content (AvgIpc) is 2.55. The predicted molar refractivity (Wildman–Crippen MR) is 94.2 cm³/mol. The third kappa shape index (κ3) is 4.78. The largest absolute Gasteiger partial charge is 0.334 e. The maximum absolute atomic E-state index is 12.4. The number of amides is 1. The van der Waals surface area contributed by atoms with Crippen LogP contribution in [0.2, 0.25) is 0 Å². The zero-order valence-electron chi connectivity index (χ0n) is 14.7. The second kappa shape index (κ2) is 8.09. The van der Waals surface area contributed by atoms with Crippen molar-refractivity contribution in [2.45, 2.75) is 56.0 Å². The summed E-state index contributed by atoms with van der Waals surface area (Å²) in [6.07, 6.45) is 6.08. The molecule has 1 aromatic carbocycles. The molecule has 7 heteroatoms. The molecular formula is C17H28N3O3S+. The number of anilines is 1. The van der Waals surface area contributed by atoms with Gasteiger partial charge < -0.3 is 10.6 Å². The predicted octanol–water partition coefficient (Wildman–Crippen LogP) is 1.16. The number of quaternary nitrogens is 1. The van der Waals surface area contributed by atoms with E-state index >= 15 is 0 Å². The number of carbonyl (C=O) groups is 1. The lowest BCUT2D eigenvalue weighted by molar-refractivity contribution is -0.708. The molecule has 1 aliphatic carbocycles. The summed E-state index contributed by atoms with van der Waals surface area (Å²) < 4.78 is 25.5. The third-order valence-electron chi connectivity index (χ3n) is 4.50. The van der Waals surface area contributed by atoms with Crippen molar-refractivity contribution < 1.29 is 18.5 Å². The van der Waals surface area contributed by atoms with E-state index in [4.69, 9.17) is 0 Å². The Bertz CT molecular complexity index is 667. The summed E-state index contributed by atoms with van der Waals surface area (Å²) in [5.41, 5.74) is 0.506. The molecular weight excluding hydrogens is 326 g/mol. The van der Waals surface area contributed by atoms with Crippen molar-refractivity contribution in [3.05, 3.63) is 24.3 Å². The molecule has 0 bridgehead atoms. The number of hydrogen-bond donors (Lipinski definition) is 2. The summed E-state index contributed by atoms with van der Waals surface area (Å²) in [6, 6.07) is 6.70. The molecule has 0 spiro atoms. The number of benzene rings is 1. The van der Waals surface area contributed by atoms with Gasteiger partial charge in [-0.2, -0.15) is 0 Å². The molecule has 1 aromatic rings. The van der Waals surface area contributed by atoms with Gasteiger partial charge in [0.25, 0.3) is 5.91 Å². The van der Waals surface area contributed by atoms with E-state index in [1.165, 1.54) is 45.5 Å². The number of sulfonamides is 1. The Labute approximate surface area is 144 Å². The molecule has 6 nitrogen and oxygen atoms in total. The van der Waals surface area contributed by atoms with Gasteiger partial charge in [-0.25, -0.2) is 12.7 Å². The molecule has 1 atom stereocenters. The van der Waals surface area contributed by atoms with Gasteiger partial charge in [0.1, 0.15) is 0 Å². The highest BCUT2D eigenvalue weighted by Gasteiger charge is 2.24. The maximum Gasteiger partial charge on any atom is 0.282 e. The first-order chi connectivity index (χ1) is 11.3. The molecule has 1 aliphatic rings. The van der Waals surface area contributed by atoms with Gasteiger partial charge in [0, 0.05) is 19.8 Å². The molecule has 1 amide bonds. The lowest BCUT2D eigenvalue weighted by Gasteiger charge is -2.23. The van der Waals surface area contributed by atoms with Crippen LogP contribution in [-0.2, 0) is 14.8 Å². The fraction of sp³-hybridized carbons (Fsp3) is 0.588. The van der Waals surface area contributed by atoms with Gasteiger partial charge in [-0.3, -0.25) is 4.79 Å². The van der Waals surface area contributed by atoms with Crippen LogP contribution in [0, 0.1) is 0 Å². The van der Waals surface area contributed by atoms with E-state index in [-0.39, 0.29) is 16.8 Å². The number of nitrogens with one attached hydrogen (secondary N) is 1. The smallest absolute Gasteiger partial charge is 0.282 e. The Kier molecular flexibility index (Phi) is 6.37. The average molecular weight is 354 g/mol. The van der Waals surface area contributed by atoms with Crippen LogP contribution in [0.3, 0.4) is 0 Å². The van der Waals surface area contributed by atoms with Gasteiger partial charge in [0.05, 0.1) is 10.9 Å². The Hall–Kier alpha value is -1.44. The molecule has 0 aliphatic heterocycles. The highest BCUT2D eigenvalue weighted by molar-refractivity contribution is 7.89. The van der Waals surface area contributed by atoms with E-state index in [1.54, 1.807) is 12.1 Å². The van der Waals surface area contributed by atoms with Crippen molar-refractivity contribution in [3.8, 4) is 0 Å². The molecule has 0 heterocycles. The number of carbonyl (C=O) groups excluding carboxylic acids is 1. The lowest BCUT2D eigenvalue weighted by atomic mass is 9.95. The van der Waals surface area contributed by atoms with Crippen LogP contribution in [0.1, 0.15) is 39.0 Å². The Morgan fingerprint density at radius 2 is 1.92 bits per heavy atom. The van der Waals surface area contributed by atoms with E-state index in [0.29, 0.717) is 11.7 Å². The monoisotopic (exact) mass is 354 g/mol. The summed E-state index contributed by atoms with van der Waals surface area (Å²) in [5, 5.41) is 4.96.